The number of pyridine rings is 1. The summed E-state index contributed by atoms with van der Waals surface area (Å²) < 4.78 is 38.6. The molecule has 1 atom stereocenters. The maximum atomic E-state index is 12.4. The largest absolute Gasteiger partial charge is 0.254 e. The van der Waals surface area contributed by atoms with Gasteiger partial charge < -0.3 is 0 Å². The Bertz CT molecular complexity index is 818. The second-order valence-electron chi connectivity index (χ2n) is 5.65. The first-order chi connectivity index (χ1) is 12.1. The predicted octanol–water partition coefficient (Wildman–Crippen LogP) is 2.77. The summed E-state index contributed by atoms with van der Waals surface area (Å²) in [7, 11) is -4.44. The fourth-order valence-corrected chi connectivity index (χ4v) is 6.19. The van der Waals surface area contributed by atoms with Crippen LogP contribution in [0.25, 0.3) is 0 Å². The van der Waals surface area contributed by atoms with E-state index in [1.54, 1.807) is 12.1 Å². The highest BCUT2D eigenvalue weighted by Gasteiger charge is 2.27. The Morgan fingerprint density at radius 1 is 1.08 bits per heavy atom. The average Bonchev–Trinajstić information content (AvgIpc) is 3.18. The molecule has 1 aliphatic rings. The van der Waals surface area contributed by atoms with Gasteiger partial charge in [-0.25, -0.2) is 13.4 Å². The summed E-state index contributed by atoms with van der Waals surface area (Å²) in [5, 5.41) is 0.741. The van der Waals surface area contributed by atoms with Crippen LogP contribution in [-0.4, -0.2) is 46.5 Å². The van der Waals surface area contributed by atoms with E-state index in [4.69, 9.17) is 0 Å². The monoisotopic (exact) mass is 396 g/mol. The van der Waals surface area contributed by atoms with Crippen LogP contribution < -0.4 is 0 Å². The van der Waals surface area contributed by atoms with Crippen molar-refractivity contribution in [1.29, 1.82) is 0 Å². The van der Waals surface area contributed by atoms with E-state index in [1.165, 1.54) is 22.3 Å². The quantitative estimate of drug-likeness (QED) is 0.673. The summed E-state index contributed by atoms with van der Waals surface area (Å²) >= 11 is 1.48. The van der Waals surface area contributed by atoms with Crippen molar-refractivity contribution in [3.63, 3.8) is 0 Å². The van der Waals surface area contributed by atoms with Gasteiger partial charge in [-0.1, -0.05) is 18.2 Å². The number of hydrogen-bond donors (Lipinski definition) is 0. The summed E-state index contributed by atoms with van der Waals surface area (Å²) in [6, 6.07) is 12.7. The molecule has 0 saturated carbocycles. The molecule has 0 aliphatic carbocycles. The Hall–Kier alpha value is -1.22. The topological polar surface area (TPSA) is 67.3 Å². The van der Waals surface area contributed by atoms with Gasteiger partial charge in [0, 0.05) is 35.7 Å². The van der Waals surface area contributed by atoms with Crippen LogP contribution in [0.3, 0.4) is 0 Å². The van der Waals surface area contributed by atoms with Gasteiger partial charge >= 0.3 is 0 Å². The fraction of sp³-hybridized carbons (Fsp3) is 0.353. The smallest absolute Gasteiger partial charge is 0.244 e. The zero-order valence-corrected chi connectivity index (χ0v) is 16.2. The van der Waals surface area contributed by atoms with Crippen molar-refractivity contribution in [2.45, 2.75) is 27.7 Å². The summed E-state index contributed by atoms with van der Waals surface area (Å²) in [4.78, 5) is 5.31. The number of aromatic nitrogens is 1. The lowest BCUT2D eigenvalue weighted by Gasteiger charge is -2.15. The van der Waals surface area contributed by atoms with E-state index in [9.17, 15) is 12.6 Å². The molecule has 1 aromatic carbocycles. The van der Waals surface area contributed by atoms with Crippen molar-refractivity contribution in [3.05, 3.63) is 48.7 Å². The summed E-state index contributed by atoms with van der Waals surface area (Å²) in [5.41, 5.74) is 0. The maximum Gasteiger partial charge on any atom is 0.244 e. The van der Waals surface area contributed by atoms with Crippen LogP contribution in [0.15, 0.2) is 63.5 Å². The number of benzene rings is 1. The molecule has 134 valence electrons. The number of nitrogens with zero attached hydrogens (tertiary/aromatic N) is 2. The molecule has 1 fully saturated rings. The Morgan fingerprint density at radius 3 is 2.44 bits per heavy atom. The van der Waals surface area contributed by atoms with Crippen molar-refractivity contribution in [2.24, 2.45) is 0 Å². The predicted molar refractivity (Wildman–Crippen MR) is 101 cm³/mol. The number of hydrogen-bond acceptors (Lipinski definition) is 5. The third-order valence-corrected chi connectivity index (χ3v) is 8.40. The Kier molecular flexibility index (Phi) is 6.27. The van der Waals surface area contributed by atoms with Gasteiger partial charge in [-0.05, 0) is 37.1 Å². The molecule has 0 amide bonds. The van der Waals surface area contributed by atoms with E-state index >= 15 is 0 Å². The van der Waals surface area contributed by atoms with Crippen LogP contribution in [0.4, 0.5) is 0 Å². The van der Waals surface area contributed by atoms with Crippen LogP contribution in [0.1, 0.15) is 12.8 Å². The molecule has 0 radical (unpaired) electrons. The normalized spacial score (nSPS) is 16.8. The van der Waals surface area contributed by atoms with Crippen molar-refractivity contribution < 1.29 is 12.6 Å². The van der Waals surface area contributed by atoms with Gasteiger partial charge in [-0.15, -0.1) is 11.8 Å². The molecule has 3 rings (SSSR count). The molecule has 0 N–H and O–H groups in total. The van der Waals surface area contributed by atoms with Crippen molar-refractivity contribution in [2.75, 3.05) is 24.6 Å². The molecule has 5 nitrogen and oxygen atoms in total. The number of thioether (sulfide) groups is 1. The van der Waals surface area contributed by atoms with E-state index in [1.807, 2.05) is 30.3 Å². The zero-order chi connectivity index (χ0) is 17.7. The third kappa shape index (κ3) is 4.69. The highest BCUT2D eigenvalue weighted by molar-refractivity contribution is 8.00. The number of rotatable bonds is 7. The molecule has 8 heteroatoms. The summed E-state index contributed by atoms with van der Waals surface area (Å²) in [6.07, 6.45) is 3.25. The first kappa shape index (κ1) is 18.6. The Labute approximate surface area is 155 Å². The van der Waals surface area contributed by atoms with E-state index in [-0.39, 0.29) is 4.90 Å². The first-order valence-corrected chi connectivity index (χ1v) is 11.8. The minimum Gasteiger partial charge on any atom is -0.254 e. The average molecular weight is 397 g/mol. The standard InChI is InChI=1S/C17H20N2O3S3/c20-24(15-6-2-1-3-7-15)13-12-23-17-9-8-16(14-18-17)25(21,22)19-10-4-5-11-19/h1-3,6-9,14H,4-5,10-13H2. The van der Waals surface area contributed by atoms with Crippen molar-refractivity contribution in [3.8, 4) is 0 Å². The second kappa shape index (κ2) is 8.44. The Morgan fingerprint density at radius 2 is 1.80 bits per heavy atom. The molecule has 1 aliphatic heterocycles. The van der Waals surface area contributed by atoms with Gasteiger partial charge in [0.05, 0.1) is 15.8 Å². The lowest BCUT2D eigenvalue weighted by atomic mass is 10.4. The van der Waals surface area contributed by atoms with Gasteiger partial charge in [0.2, 0.25) is 10.0 Å². The van der Waals surface area contributed by atoms with Crippen LogP contribution in [0.5, 0.6) is 0 Å². The van der Waals surface area contributed by atoms with Crippen LogP contribution >= 0.6 is 11.8 Å². The molecule has 1 aromatic heterocycles. The molecule has 2 aromatic rings. The highest BCUT2D eigenvalue weighted by Crippen LogP contribution is 2.22. The molecular weight excluding hydrogens is 376 g/mol. The fourth-order valence-electron chi connectivity index (χ4n) is 2.59. The van der Waals surface area contributed by atoms with E-state index in [2.05, 4.69) is 4.98 Å². The molecular formula is C17H20N2O3S3. The second-order valence-corrected chi connectivity index (χ2v) is 10.3. The SMILES string of the molecule is O=S(CCSc1ccc(S(=O)(=O)N2CCCC2)cn1)c1ccccc1. The highest BCUT2D eigenvalue weighted by atomic mass is 32.2. The molecule has 1 unspecified atom stereocenters. The van der Waals surface area contributed by atoms with Crippen LogP contribution in [0.2, 0.25) is 0 Å². The van der Waals surface area contributed by atoms with Crippen molar-refractivity contribution >= 4 is 32.6 Å². The van der Waals surface area contributed by atoms with Gasteiger partial charge in [-0.2, -0.15) is 4.31 Å². The van der Waals surface area contributed by atoms with Crippen LogP contribution in [0, 0.1) is 0 Å². The number of sulfonamides is 1. The Balaban J connectivity index is 1.55. The van der Waals surface area contributed by atoms with Gasteiger partial charge in [0.1, 0.15) is 4.90 Å². The summed E-state index contributed by atoms with van der Waals surface area (Å²) in [5.74, 6) is 1.19. The lowest BCUT2D eigenvalue weighted by molar-refractivity contribution is 0.477. The minimum atomic E-state index is -3.41. The summed E-state index contributed by atoms with van der Waals surface area (Å²) in [6.45, 7) is 1.17. The van der Waals surface area contributed by atoms with Gasteiger partial charge in [0.15, 0.2) is 0 Å². The first-order valence-electron chi connectivity index (χ1n) is 8.10. The maximum absolute atomic E-state index is 12.4. The molecule has 0 spiro atoms. The molecule has 1 saturated heterocycles. The van der Waals surface area contributed by atoms with Gasteiger partial charge in [-0.3, -0.25) is 4.21 Å². The minimum absolute atomic E-state index is 0.242. The van der Waals surface area contributed by atoms with Crippen LogP contribution in [-0.2, 0) is 20.8 Å². The van der Waals surface area contributed by atoms with E-state index in [0.29, 0.717) is 24.6 Å². The van der Waals surface area contributed by atoms with E-state index < -0.39 is 20.8 Å². The lowest BCUT2D eigenvalue weighted by Crippen LogP contribution is -2.27. The van der Waals surface area contributed by atoms with Crippen molar-refractivity contribution in [1.82, 2.24) is 9.29 Å². The van der Waals surface area contributed by atoms with Gasteiger partial charge in [0.25, 0.3) is 0 Å². The molecule has 25 heavy (non-hydrogen) atoms. The van der Waals surface area contributed by atoms with E-state index in [0.717, 1.165) is 22.8 Å². The molecule has 0 bridgehead atoms. The molecule has 2 heterocycles. The third-order valence-electron chi connectivity index (χ3n) is 3.94. The zero-order valence-electron chi connectivity index (χ0n) is 13.7.